The summed E-state index contributed by atoms with van der Waals surface area (Å²) in [5.74, 6) is 0.819. The number of para-hydroxylation sites is 1. The number of methoxy groups -OCH3 is 1. The fourth-order valence-electron chi connectivity index (χ4n) is 3.16. The largest absolute Gasteiger partial charge is 0.497 e. The van der Waals surface area contributed by atoms with Gasteiger partial charge in [0.2, 0.25) is 0 Å². The van der Waals surface area contributed by atoms with Crippen molar-refractivity contribution in [2.45, 2.75) is 13.3 Å². The number of hydrogen-bond donors (Lipinski definition) is 0. The summed E-state index contributed by atoms with van der Waals surface area (Å²) >= 11 is 0. The monoisotopic (exact) mass is 331 g/mol. The van der Waals surface area contributed by atoms with Crippen LogP contribution in [0, 0.1) is 6.92 Å². The van der Waals surface area contributed by atoms with Gasteiger partial charge in [0.1, 0.15) is 11.3 Å². The van der Waals surface area contributed by atoms with Gasteiger partial charge in [-0.15, -0.1) is 0 Å². The second-order valence-corrected chi connectivity index (χ2v) is 6.03. The first kappa shape index (κ1) is 15.4. The second-order valence-electron chi connectivity index (χ2n) is 6.03. The molecule has 0 aliphatic carbocycles. The van der Waals surface area contributed by atoms with Crippen molar-refractivity contribution < 1.29 is 9.15 Å². The van der Waals surface area contributed by atoms with Crippen LogP contribution in [0.5, 0.6) is 5.75 Å². The molecule has 0 atom stereocenters. The van der Waals surface area contributed by atoms with Gasteiger partial charge in [-0.05, 0) is 36.2 Å². The average molecular weight is 331 g/mol. The van der Waals surface area contributed by atoms with E-state index in [4.69, 9.17) is 9.15 Å². The van der Waals surface area contributed by atoms with E-state index in [1.807, 2.05) is 49.4 Å². The molecule has 2 heterocycles. The van der Waals surface area contributed by atoms with Gasteiger partial charge in [-0.1, -0.05) is 30.3 Å². The molecule has 4 nitrogen and oxygen atoms in total. The molecule has 0 aliphatic heterocycles. The fourth-order valence-corrected chi connectivity index (χ4v) is 3.16. The minimum absolute atomic E-state index is 0.315. The van der Waals surface area contributed by atoms with Gasteiger partial charge in [0.25, 0.3) is 0 Å². The molecule has 0 unspecified atom stereocenters. The van der Waals surface area contributed by atoms with Crippen LogP contribution in [0.15, 0.2) is 63.9 Å². The van der Waals surface area contributed by atoms with Gasteiger partial charge in [-0.25, -0.2) is 4.79 Å². The normalized spacial score (nSPS) is 11.1. The van der Waals surface area contributed by atoms with E-state index in [-0.39, 0.29) is 5.63 Å². The van der Waals surface area contributed by atoms with Gasteiger partial charge in [-0.2, -0.15) is 0 Å². The predicted molar refractivity (Wildman–Crippen MR) is 98.3 cm³/mol. The lowest BCUT2D eigenvalue weighted by Crippen LogP contribution is -2.06. The Morgan fingerprint density at radius 2 is 1.80 bits per heavy atom. The van der Waals surface area contributed by atoms with Crippen molar-refractivity contribution in [2.24, 2.45) is 0 Å². The first-order chi connectivity index (χ1) is 12.2. The molecule has 2 aromatic carbocycles. The Kier molecular flexibility index (Phi) is 3.73. The number of fused-ring (bicyclic) bond motifs is 3. The summed E-state index contributed by atoms with van der Waals surface area (Å²) in [6.45, 7) is 1.93. The van der Waals surface area contributed by atoms with Gasteiger partial charge >= 0.3 is 5.63 Å². The Hall–Kier alpha value is -3.14. The number of ether oxygens (including phenoxy) is 1. The van der Waals surface area contributed by atoms with E-state index in [0.29, 0.717) is 17.4 Å². The van der Waals surface area contributed by atoms with Crippen LogP contribution < -0.4 is 10.4 Å². The standard InChI is InChI=1S/C21H17NO3/c1-13-18(11-14-7-9-15(24-2)10-8-14)22-12-17-16-5-3-4-6-19(16)25-21(23)20(13)17/h3-10,12H,11H2,1-2H3. The number of benzene rings is 2. The zero-order valence-corrected chi connectivity index (χ0v) is 14.1. The van der Waals surface area contributed by atoms with E-state index in [0.717, 1.165) is 33.3 Å². The summed E-state index contributed by atoms with van der Waals surface area (Å²) in [6, 6.07) is 15.4. The van der Waals surface area contributed by atoms with Crippen molar-refractivity contribution in [3.05, 3.63) is 82.0 Å². The molecule has 4 rings (SSSR count). The van der Waals surface area contributed by atoms with E-state index in [9.17, 15) is 4.79 Å². The summed E-state index contributed by atoms with van der Waals surface area (Å²) in [5, 5.41) is 2.35. The van der Waals surface area contributed by atoms with Gasteiger partial charge in [-0.3, -0.25) is 4.98 Å². The first-order valence-corrected chi connectivity index (χ1v) is 8.10. The van der Waals surface area contributed by atoms with Crippen LogP contribution in [0.2, 0.25) is 0 Å². The van der Waals surface area contributed by atoms with Crippen molar-refractivity contribution in [3.8, 4) is 5.75 Å². The summed E-state index contributed by atoms with van der Waals surface area (Å²) in [6.07, 6.45) is 2.43. The molecule has 25 heavy (non-hydrogen) atoms. The predicted octanol–water partition coefficient (Wildman–Crippen LogP) is 4.25. The lowest BCUT2D eigenvalue weighted by Gasteiger charge is -2.10. The third-order valence-corrected chi connectivity index (χ3v) is 4.54. The van der Waals surface area contributed by atoms with E-state index in [2.05, 4.69) is 4.98 Å². The maximum atomic E-state index is 12.5. The van der Waals surface area contributed by atoms with Crippen LogP contribution in [0.1, 0.15) is 16.8 Å². The zero-order valence-electron chi connectivity index (χ0n) is 14.1. The smallest absolute Gasteiger partial charge is 0.344 e. The number of aromatic nitrogens is 1. The number of rotatable bonds is 3. The molecule has 0 saturated carbocycles. The number of aryl methyl sites for hydroxylation is 1. The van der Waals surface area contributed by atoms with Crippen molar-refractivity contribution in [1.82, 2.24) is 4.98 Å². The van der Waals surface area contributed by atoms with Crippen molar-refractivity contribution >= 4 is 21.7 Å². The first-order valence-electron chi connectivity index (χ1n) is 8.10. The molecule has 4 heteroatoms. The summed E-state index contributed by atoms with van der Waals surface area (Å²) < 4.78 is 10.7. The molecule has 0 N–H and O–H groups in total. The van der Waals surface area contributed by atoms with Gasteiger partial charge in [0.15, 0.2) is 0 Å². The van der Waals surface area contributed by atoms with Crippen LogP contribution in [0.25, 0.3) is 21.7 Å². The van der Waals surface area contributed by atoms with Crippen LogP contribution in [0.4, 0.5) is 0 Å². The van der Waals surface area contributed by atoms with Gasteiger partial charge in [0, 0.05) is 29.1 Å². The van der Waals surface area contributed by atoms with E-state index >= 15 is 0 Å². The lowest BCUT2D eigenvalue weighted by atomic mass is 10.0. The van der Waals surface area contributed by atoms with E-state index in [1.54, 1.807) is 19.4 Å². The molecule has 0 radical (unpaired) electrons. The van der Waals surface area contributed by atoms with Crippen molar-refractivity contribution in [3.63, 3.8) is 0 Å². The highest BCUT2D eigenvalue weighted by Gasteiger charge is 2.13. The highest BCUT2D eigenvalue weighted by molar-refractivity contribution is 6.04. The molecular weight excluding hydrogens is 314 g/mol. The molecule has 0 fully saturated rings. The van der Waals surface area contributed by atoms with Crippen LogP contribution >= 0.6 is 0 Å². The topological polar surface area (TPSA) is 52.3 Å². The van der Waals surface area contributed by atoms with Crippen LogP contribution in [-0.2, 0) is 6.42 Å². The molecule has 0 amide bonds. The summed E-state index contributed by atoms with van der Waals surface area (Å²) in [7, 11) is 1.65. The Morgan fingerprint density at radius 1 is 1.04 bits per heavy atom. The maximum absolute atomic E-state index is 12.5. The van der Waals surface area contributed by atoms with E-state index < -0.39 is 0 Å². The quantitative estimate of drug-likeness (QED) is 0.416. The minimum atomic E-state index is -0.315. The Labute approximate surface area is 144 Å². The molecule has 0 spiro atoms. The SMILES string of the molecule is COc1ccc(Cc2ncc3c(c2C)c(=O)oc2ccccc23)cc1. The highest BCUT2D eigenvalue weighted by Crippen LogP contribution is 2.26. The van der Waals surface area contributed by atoms with Crippen molar-refractivity contribution in [1.29, 1.82) is 0 Å². The fraction of sp³-hybridized carbons (Fsp3) is 0.143. The number of pyridine rings is 1. The number of nitrogens with zero attached hydrogens (tertiary/aromatic N) is 1. The molecular formula is C21H17NO3. The molecule has 4 aromatic rings. The maximum Gasteiger partial charge on any atom is 0.344 e. The highest BCUT2D eigenvalue weighted by atomic mass is 16.5. The van der Waals surface area contributed by atoms with Gasteiger partial charge < -0.3 is 9.15 Å². The average Bonchev–Trinajstić information content (AvgIpc) is 2.64. The lowest BCUT2D eigenvalue weighted by molar-refractivity contribution is 0.414. The zero-order chi connectivity index (χ0) is 17.4. The van der Waals surface area contributed by atoms with Crippen molar-refractivity contribution in [2.75, 3.05) is 7.11 Å². The minimum Gasteiger partial charge on any atom is -0.497 e. The second kappa shape index (κ2) is 6.06. The molecule has 2 aromatic heterocycles. The molecule has 0 bridgehead atoms. The number of hydrogen-bond acceptors (Lipinski definition) is 4. The Bertz CT molecular complexity index is 1130. The van der Waals surface area contributed by atoms with Crippen LogP contribution in [0.3, 0.4) is 0 Å². The van der Waals surface area contributed by atoms with Gasteiger partial charge in [0.05, 0.1) is 12.5 Å². The summed E-state index contributed by atoms with van der Waals surface area (Å²) in [5.41, 5.74) is 3.13. The van der Waals surface area contributed by atoms with E-state index in [1.165, 1.54) is 0 Å². The summed E-state index contributed by atoms with van der Waals surface area (Å²) in [4.78, 5) is 17.1. The molecule has 124 valence electrons. The molecule has 0 saturated heterocycles. The Morgan fingerprint density at radius 3 is 2.56 bits per heavy atom. The molecule has 0 aliphatic rings. The third kappa shape index (κ3) is 2.66. The Balaban J connectivity index is 1.86. The third-order valence-electron chi connectivity index (χ3n) is 4.54. The van der Waals surface area contributed by atoms with Crippen LogP contribution in [-0.4, -0.2) is 12.1 Å².